The number of amides is 2. The number of hydrogen-bond donors (Lipinski definition) is 1. The van der Waals surface area contributed by atoms with Crippen LogP contribution in [0.5, 0.6) is 0 Å². The Labute approximate surface area is 131 Å². The summed E-state index contributed by atoms with van der Waals surface area (Å²) in [5, 5.41) is 3.16. The molecular formula is C14H16BrClN2O2. The molecule has 1 aromatic rings. The first-order valence-electron chi connectivity index (χ1n) is 6.41. The zero-order valence-corrected chi connectivity index (χ0v) is 13.8. The van der Waals surface area contributed by atoms with E-state index in [1.54, 1.807) is 25.1 Å². The van der Waals surface area contributed by atoms with Crippen molar-refractivity contribution in [1.82, 2.24) is 5.32 Å². The van der Waals surface area contributed by atoms with Crippen LogP contribution in [0, 0.1) is 5.92 Å². The Morgan fingerprint density at radius 2 is 2.00 bits per heavy atom. The van der Waals surface area contributed by atoms with Crippen molar-refractivity contribution in [3.8, 4) is 0 Å². The van der Waals surface area contributed by atoms with Gasteiger partial charge in [-0.3, -0.25) is 14.5 Å². The molecule has 0 bridgehead atoms. The van der Waals surface area contributed by atoms with Gasteiger partial charge < -0.3 is 5.32 Å². The highest BCUT2D eigenvalue weighted by Crippen LogP contribution is 2.33. The number of carbonyl (C=O) groups excluding carboxylic acids is 2. The van der Waals surface area contributed by atoms with Gasteiger partial charge in [0, 0.05) is 4.47 Å². The molecule has 1 aromatic carbocycles. The lowest BCUT2D eigenvalue weighted by molar-refractivity contribution is -0.134. The van der Waals surface area contributed by atoms with Crippen LogP contribution in [0.2, 0.25) is 5.02 Å². The Morgan fingerprint density at radius 3 is 2.60 bits per heavy atom. The van der Waals surface area contributed by atoms with E-state index in [0.717, 1.165) is 4.47 Å². The third-order valence-corrected chi connectivity index (χ3v) is 4.13. The maximum absolute atomic E-state index is 12.5. The van der Waals surface area contributed by atoms with E-state index >= 15 is 0 Å². The Bertz CT molecular complexity index is 562. The number of piperazine rings is 1. The molecule has 108 valence electrons. The summed E-state index contributed by atoms with van der Waals surface area (Å²) in [5.41, 5.74) is 0.562. The third kappa shape index (κ3) is 2.69. The lowest BCUT2D eigenvalue weighted by Gasteiger charge is -2.40. The molecule has 1 aliphatic rings. The minimum atomic E-state index is -0.550. The molecule has 0 radical (unpaired) electrons. The smallest absolute Gasteiger partial charge is 0.250 e. The molecule has 0 saturated carbocycles. The van der Waals surface area contributed by atoms with Gasteiger partial charge in [-0.05, 0) is 31.0 Å². The van der Waals surface area contributed by atoms with Crippen molar-refractivity contribution in [3.05, 3.63) is 27.7 Å². The van der Waals surface area contributed by atoms with Gasteiger partial charge in [0.25, 0.3) is 0 Å². The SMILES string of the molecule is CC1NC(=O)C(C(C)C)N(c2cc(Br)ccc2Cl)C1=O. The summed E-state index contributed by atoms with van der Waals surface area (Å²) in [6, 6.07) is 4.18. The summed E-state index contributed by atoms with van der Waals surface area (Å²) in [6.07, 6.45) is 0. The number of halogens is 2. The van der Waals surface area contributed by atoms with Gasteiger partial charge in [-0.1, -0.05) is 41.4 Å². The predicted molar refractivity (Wildman–Crippen MR) is 82.9 cm³/mol. The number of carbonyl (C=O) groups is 2. The first-order chi connectivity index (χ1) is 9.32. The molecule has 0 aromatic heterocycles. The van der Waals surface area contributed by atoms with Crippen LogP contribution in [-0.2, 0) is 9.59 Å². The topological polar surface area (TPSA) is 49.4 Å². The fraction of sp³-hybridized carbons (Fsp3) is 0.429. The number of anilines is 1. The zero-order chi connectivity index (χ0) is 15.0. The van der Waals surface area contributed by atoms with E-state index in [4.69, 9.17) is 11.6 Å². The van der Waals surface area contributed by atoms with Gasteiger partial charge in [-0.15, -0.1) is 0 Å². The molecule has 2 unspecified atom stereocenters. The van der Waals surface area contributed by atoms with E-state index in [1.807, 2.05) is 13.8 Å². The van der Waals surface area contributed by atoms with Crippen molar-refractivity contribution in [1.29, 1.82) is 0 Å². The van der Waals surface area contributed by atoms with Crippen LogP contribution in [0.1, 0.15) is 20.8 Å². The number of hydrogen-bond acceptors (Lipinski definition) is 2. The Hall–Kier alpha value is -1.07. The van der Waals surface area contributed by atoms with Gasteiger partial charge in [0.15, 0.2) is 0 Å². The molecular weight excluding hydrogens is 344 g/mol. The van der Waals surface area contributed by atoms with Crippen LogP contribution in [0.3, 0.4) is 0 Å². The van der Waals surface area contributed by atoms with Crippen molar-refractivity contribution in [2.75, 3.05) is 4.90 Å². The van der Waals surface area contributed by atoms with Gasteiger partial charge in [0.05, 0.1) is 10.7 Å². The van der Waals surface area contributed by atoms with Crippen LogP contribution < -0.4 is 10.2 Å². The maximum atomic E-state index is 12.5. The molecule has 2 atom stereocenters. The summed E-state index contributed by atoms with van der Waals surface area (Å²) in [6.45, 7) is 5.49. The molecule has 2 rings (SSSR count). The van der Waals surface area contributed by atoms with E-state index in [-0.39, 0.29) is 17.7 Å². The Balaban J connectivity index is 2.55. The fourth-order valence-electron chi connectivity index (χ4n) is 2.36. The van der Waals surface area contributed by atoms with E-state index in [1.165, 1.54) is 4.90 Å². The second kappa shape index (κ2) is 5.74. The summed E-state index contributed by atoms with van der Waals surface area (Å²) < 4.78 is 0.811. The molecule has 1 heterocycles. The average Bonchev–Trinajstić information content (AvgIpc) is 2.36. The van der Waals surface area contributed by atoms with Crippen LogP contribution >= 0.6 is 27.5 Å². The molecule has 1 saturated heterocycles. The van der Waals surface area contributed by atoms with E-state index < -0.39 is 12.1 Å². The number of nitrogens with zero attached hydrogens (tertiary/aromatic N) is 1. The minimum Gasteiger partial charge on any atom is -0.343 e. The van der Waals surface area contributed by atoms with E-state index in [9.17, 15) is 9.59 Å². The fourth-order valence-corrected chi connectivity index (χ4v) is 2.92. The normalized spacial score (nSPS) is 23.2. The van der Waals surface area contributed by atoms with Gasteiger partial charge in [-0.25, -0.2) is 0 Å². The van der Waals surface area contributed by atoms with Crippen molar-refractivity contribution in [3.63, 3.8) is 0 Å². The molecule has 0 spiro atoms. The largest absolute Gasteiger partial charge is 0.343 e. The summed E-state index contributed by atoms with van der Waals surface area (Å²) in [5.74, 6) is -0.312. The quantitative estimate of drug-likeness (QED) is 0.882. The first-order valence-corrected chi connectivity index (χ1v) is 7.58. The lowest BCUT2D eigenvalue weighted by atomic mass is 9.96. The minimum absolute atomic E-state index is 0.0125. The summed E-state index contributed by atoms with van der Waals surface area (Å²) >= 11 is 9.59. The first kappa shape index (κ1) is 15.3. The Kier molecular flexibility index (Phi) is 4.39. The van der Waals surface area contributed by atoms with Crippen LogP contribution in [0.15, 0.2) is 22.7 Å². The highest BCUT2D eigenvalue weighted by Gasteiger charge is 2.41. The van der Waals surface area contributed by atoms with Gasteiger partial charge in [0.1, 0.15) is 12.1 Å². The maximum Gasteiger partial charge on any atom is 0.250 e. The van der Waals surface area contributed by atoms with Gasteiger partial charge in [0.2, 0.25) is 11.8 Å². The molecule has 4 nitrogen and oxygen atoms in total. The van der Waals surface area contributed by atoms with Crippen LogP contribution in [0.4, 0.5) is 5.69 Å². The van der Waals surface area contributed by atoms with E-state index in [2.05, 4.69) is 21.2 Å². The molecule has 1 fully saturated rings. The molecule has 0 aliphatic carbocycles. The zero-order valence-electron chi connectivity index (χ0n) is 11.5. The number of benzene rings is 1. The van der Waals surface area contributed by atoms with Crippen LogP contribution in [-0.4, -0.2) is 23.9 Å². The number of rotatable bonds is 2. The molecule has 2 amide bonds. The molecule has 1 N–H and O–H groups in total. The van der Waals surface area contributed by atoms with Crippen LogP contribution in [0.25, 0.3) is 0 Å². The summed E-state index contributed by atoms with van der Waals surface area (Å²) in [4.78, 5) is 26.2. The second-order valence-electron chi connectivity index (χ2n) is 5.22. The van der Waals surface area contributed by atoms with Crippen molar-refractivity contribution in [2.45, 2.75) is 32.9 Å². The monoisotopic (exact) mass is 358 g/mol. The second-order valence-corrected chi connectivity index (χ2v) is 6.55. The number of nitrogens with one attached hydrogen (secondary N) is 1. The van der Waals surface area contributed by atoms with Crippen molar-refractivity contribution >= 4 is 45.0 Å². The van der Waals surface area contributed by atoms with Crippen molar-refractivity contribution < 1.29 is 9.59 Å². The van der Waals surface area contributed by atoms with Gasteiger partial charge >= 0.3 is 0 Å². The highest BCUT2D eigenvalue weighted by atomic mass is 79.9. The lowest BCUT2D eigenvalue weighted by Crippen LogP contribution is -2.64. The predicted octanol–water partition coefficient (Wildman–Crippen LogP) is 2.98. The van der Waals surface area contributed by atoms with E-state index in [0.29, 0.717) is 10.7 Å². The van der Waals surface area contributed by atoms with Gasteiger partial charge in [-0.2, -0.15) is 0 Å². The standard InChI is InChI=1S/C14H16BrClN2O2/c1-7(2)12-13(19)17-8(3)14(20)18(12)11-6-9(15)4-5-10(11)16/h4-8,12H,1-3H3,(H,17,19). The molecule has 20 heavy (non-hydrogen) atoms. The highest BCUT2D eigenvalue weighted by molar-refractivity contribution is 9.10. The Morgan fingerprint density at radius 1 is 1.35 bits per heavy atom. The molecule has 6 heteroatoms. The third-order valence-electron chi connectivity index (χ3n) is 3.31. The van der Waals surface area contributed by atoms with Crippen molar-refractivity contribution in [2.24, 2.45) is 5.92 Å². The molecule has 1 aliphatic heterocycles. The summed E-state index contributed by atoms with van der Waals surface area (Å²) in [7, 11) is 0. The average molecular weight is 360 g/mol.